The van der Waals surface area contributed by atoms with Gasteiger partial charge in [-0.15, -0.1) is 0 Å². The molecule has 1 aromatic rings. The molecule has 0 aromatic heterocycles. The Morgan fingerprint density at radius 2 is 1.77 bits per heavy atom. The lowest BCUT2D eigenvalue weighted by Crippen LogP contribution is -1.97. The van der Waals surface area contributed by atoms with Gasteiger partial charge in [0.1, 0.15) is 0 Å². The molecule has 0 radical (unpaired) electrons. The largest absolute Gasteiger partial charge is 0.0785 e. The van der Waals surface area contributed by atoms with Gasteiger partial charge in [0, 0.05) is 4.47 Å². The Hall–Kier alpha value is -0.560. The van der Waals surface area contributed by atoms with Crippen LogP contribution >= 0.6 is 15.9 Å². The van der Waals surface area contributed by atoms with Crippen molar-refractivity contribution >= 4 is 22.0 Å². The fraction of sp³-hybridized carbons (Fsp3) is 0.333. The maximum Gasteiger partial charge on any atom is 0.0247 e. The van der Waals surface area contributed by atoms with Crippen LogP contribution in [0.15, 0.2) is 34.8 Å². The van der Waals surface area contributed by atoms with Crippen LogP contribution in [-0.4, -0.2) is 0 Å². The molecule has 0 atom stereocenters. The van der Waals surface area contributed by atoms with E-state index in [9.17, 15) is 0 Å². The highest BCUT2D eigenvalue weighted by Gasteiger charge is 2.03. The van der Waals surface area contributed by atoms with E-state index in [0.717, 1.165) is 4.47 Å². The van der Waals surface area contributed by atoms with Crippen LogP contribution in [0.25, 0.3) is 6.08 Å². The van der Waals surface area contributed by atoms with E-state index in [-0.39, 0.29) is 5.41 Å². The summed E-state index contributed by atoms with van der Waals surface area (Å²) in [6.07, 6.45) is 4.37. The summed E-state index contributed by atoms with van der Waals surface area (Å²) in [4.78, 5) is 0. The van der Waals surface area contributed by atoms with Crippen molar-refractivity contribution in [3.05, 3.63) is 40.4 Å². The van der Waals surface area contributed by atoms with Gasteiger partial charge in [0.25, 0.3) is 0 Å². The molecule has 70 valence electrons. The lowest BCUT2D eigenvalue weighted by molar-refractivity contribution is 0.547. The summed E-state index contributed by atoms with van der Waals surface area (Å²) >= 11 is 3.51. The lowest BCUT2D eigenvalue weighted by Gasteiger charge is -2.11. The van der Waals surface area contributed by atoms with Crippen LogP contribution in [0.1, 0.15) is 26.3 Å². The monoisotopic (exact) mass is 238 g/mol. The minimum atomic E-state index is 0.245. The Morgan fingerprint density at radius 1 is 1.15 bits per heavy atom. The van der Waals surface area contributed by atoms with E-state index in [4.69, 9.17) is 0 Å². The molecule has 0 unspecified atom stereocenters. The predicted octanol–water partition coefficient (Wildman–Crippen LogP) is 4.51. The van der Waals surface area contributed by atoms with E-state index in [1.807, 2.05) is 12.1 Å². The summed E-state index contributed by atoms with van der Waals surface area (Å²) < 4.78 is 1.15. The van der Waals surface area contributed by atoms with Gasteiger partial charge in [0.2, 0.25) is 0 Å². The molecule has 0 N–H and O–H groups in total. The van der Waals surface area contributed by atoms with Gasteiger partial charge in [-0.25, -0.2) is 0 Å². The first-order chi connectivity index (χ1) is 5.99. The van der Waals surface area contributed by atoms with Crippen LogP contribution in [0.2, 0.25) is 0 Å². The van der Waals surface area contributed by atoms with Crippen molar-refractivity contribution < 1.29 is 0 Å². The molecule has 0 heterocycles. The molecule has 1 heteroatoms. The normalized spacial score (nSPS) is 12.3. The number of allylic oxidation sites excluding steroid dienone is 1. The molecular weight excluding hydrogens is 224 g/mol. The highest BCUT2D eigenvalue weighted by atomic mass is 79.9. The number of rotatable bonds is 1. The predicted molar refractivity (Wildman–Crippen MR) is 62.6 cm³/mol. The van der Waals surface area contributed by atoms with Crippen molar-refractivity contribution in [1.29, 1.82) is 0 Å². The van der Waals surface area contributed by atoms with Crippen molar-refractivity contribution in [3.8, 4) is 0 Å². The zero-order valence-corrected chi connectivity index (χ0v) is 9.93. The molecule has 0 amide bonds. The third kappa shape index (κ3) is 3.77. The van der Waals surface area contributed by atoms with Crippen LogP contribution in [-0.2, 0) is 0 Å². The number of benzene rings is 1. The van der Waals surface area contributed by atoms with Crippen LogP contribution in [0.4, 0.5) is 0 Å². The Bertz CT molecular complexity index is 305. The fourth-order valence-electron chi connectivity index (χ4n) is 0.950. The van der Waals surface area contributed by atoms with Gasteiger partial charge >= 0.3 is 0 Å². The van der Waals surface area contributed by atoms with E-state index in [1.165, 1.54) is 5.56 Å². The zero-order chi connectivity index (χ0) is 9.90. The third-order valence-corrected chi connectivity index (χ3v) is 2.39. The van der Waals surface area contributed by atoms with Gasteiger partial charge in [-0.1, -0.05) is 67.1 Å². The minimum absolute atomic E-state index is 0.245. The molecular formula is C12H15Br. The first-order valence-electron chi connectivity index (χ1n) is 4.43. The molecule has 0 bridgehead atoms. The SMILES string of the molecule is CC(C)(C)/C=C/c1ccccc1Br. The Labute approximate surface area is 88.8 Å². The summed E-state index contributed by atoms with van der Waals surface area (Å²) in [5.41, 5.74) is 1.48. The van der Waals surface area contributed by atoms with Crippen LogP contribution < -0.4 is 0 Å². The topological polar surface area (TPSA) is 0 Å². The fourth-order valence-corrected chi connectivity index (χ4v) is 1.37. The van der Waals surface area contributed by atoms with Gasteiger partial charge in [0.15, 0.2) is 0 Å². The Kier molecular flexibility index (Phi) is 3.32. The molecule has 0 fully saturated rings. The average Bonchev–Trinajstić information content (AvgIpc) is 2.01. The van der Waals surface area contributed by atoms with Crippen molar-refractivity contribution in [3.63, 3.8) is 0 Å². The van der Waals surface area contributed by atoms with Gasteiger partial charge in [-0.3, -0.25) is 0 Å². The van der Waals surface area contributed by atoms with Crippen LogP contribution in [0.3, 0.4) is 0 Å². The van der Waals surface area contributed by atoms with Gasteiger partial charge in [-0.05, 0) is 17.0 Å². The van der Waals surface area contributed by atoms with E-state index < -0.39 is 0 Å². The number of hydrogen-bond donors (Lipinski definition) is 0. The smallest absolute Gasteiger partial charge is 0.0247 e. The third-order valence-electron chi connectivity index (χ3n) is 1.67. The van der Waals surface area contributed by atoms with E-state index >= 15 is 0 Å². The summed E-state index contributed by atoms with van der Waals surface area (Å²) in [6, 6.07) is 8.24. The van der Waals surface area contributed by atoms with Gasteiger partial charge in [0.05, 0.1) is 0 Å². The van der Waals surface area contributed by atoms with Crippen molar-refractivity contribution in [2.45, 2.75) is 20.8 Å². The second kappa shape index (κ2) is 4.10. The Balaban J connectivity index is 2.86. The summed E-state index contributed by atoms with van der Waals surface area (Å²) in [7, 11) is 0. The molecule has 0 spiro atoms. The molecule has 13 heavy (non-hydrogen) atoms. The number of halogens is 1. The van der Waals surface area contributed by atoms with Crippen molar-refractivity contribution in [2.24, 2.45) is 5.41 Å². The summed E-state index contributed by atoms with van der Waals surface area (Å²) in [5.74, 6) is 0. The second-order valence-electron chi connectivity index (χ2n) is 4.22. The van der Waals surface area contributed by atoms with Crippen molar-refractivity contribution in [1.82, 2.24) is 0 Å². The molecule has 0 aliphatic heterocycles. The molecule has 0 saturated heterocycles. The molecule has 1 rings (SSSR count). The van der Waals surface area contributed by atoms with Crippen molar-refractivity contribution in [2.75, 3.05) is 0 Å². The first kappa shape index (κ1) is 10.5. The first-order valence-corrected chi connectivity index (χ1v) is 5.22. The molecule has 0 nitrogen and oxygen atoms in total. The number of hydrogen-bond acceptors (Lipinski definition) is 0. The van der Waals surface area contributed by atoms with Crippen LogP contribution in [0, 0.1) is 5.41 Å². The second-order valence-corrected chi connectivity index (χ2v) is 5.08. The molecule has 0 saturated carbocycles. The maximum atomic E-state index is 3.51. The highest BCUT2D eigenvalue weighted by Crippen LogP contribution is 2.21. The lowest BCUT2D eigenvalue weighted by atomic mass is 9.95. The summed E-state index contributed by atoms with van der Waals surface area (Å²) in [6.45, 7) is 6.58. The molecule has 0 aliphatic carbocycles. The molecule has 1 aromatic carbocycles. The Morgan fingerprint density at radius 3 is 2.31 bits per heavy atom. The van der Waals surface area contributed by atoms with E-state index in [1.54, 1.807) is 0 Å². The maximum absolute atomic E-state index is 3.51. The summed E-state index contributed by atoms with van der Waals surface area (Å²) in [5, 5.41) is 0. The van der Waals surface area contributed by atoms with E-state index in [0.29, 0.717) is 0 Å². The molecule has 0 aliphatic rings. The highest BCUT2D eigenvalue weighted by molar-refractivity contribution is 9.10. The quantitative estimate of drug-likeness (QED) is 0.676. The van der Waals surface area contributed by atoms with Gasteiger partial charge < -0.3 is 0 Å². The standard InChI is InChI=1S/C12H15Br/c1-12(2,3)9-8-10-6-4-5-7-11(10)13/h4-9H,1-3H3/b9-8+. The van der Waals surface area contributed by atoms with E-state index in [2.05, 4.69) is 61.0 Å². The minimum Gasteiger partial charge on any atom is -0.0785 e. The van der Waals surface area contributed by atoms with Gasteiger partial charge in [-0.2, -0.15) is 0 Å². The zero-order valence-electron chi connectivity index (χ0n) is 8.34. The average molecular weight is 239 g/mol. The van der Waals surface area contributed by atoms with Crippen LogP contribution in [0.5, 0.6) is 0 Å².